The van der Waals surface area contributed by atoms with Gasteiger partial charge in [-0.1, -0.05) is 18.2 Å². The van der Waals surface area contributed by atoms with Crippen molar-refractivity contribution in [3.05, 3.63) is 52.8 Å². The van der Waals surface area contributed by atoms with Gasteiger partial charge in [0, 0.05) is 38.0 Å². The third-order valence-electron chi connectivity index (χ3n) is 7.69. The Morgan fingerprint density at radius 3 is 2.42 bits per heavy atom. The molecule has 0 spiro atoms. The molecule has 1 aromatic heterocycles. The Morgan fingerprint density at radius 2 is 1.75 bits per heavy atom. The molecular weight excluding hydrogens is 469 g/mol. The van der Waals surface area contributed by atoms with E-state index in [1.807, 2.05) is 17.8 Å². The molecule has 2 aliphatic heterocycles. The van der Waals surface area contributed by atoms with Gasteiger partial charge in [-0.15, -0.1) is 0 Å². The van der Waals surface area contributed by atoms with Crippen LogP contribution in [0.25, 0.3) is 0 Å². The molecule has 1 amide bonds. The molecule has 0 radical (unpaired) electrons. The van der Waals surface area contributed by atoms with Crippen LogP contribution in [-0.4, -0.2) is 57.5 Å². The molecule has 0 unspecified atom stereocenters. The summed E-state index contributed by atoms with van der Waals surface area (Å²) in [6.45, 7) is 4.07. The molecule has 3 fully saturated rings. The summed E-state index contributed by atoms with van der Waals surface area (Å²) in [5.74, 6) is 0.541. The third-order valence-corrected chi connectivity index (χ3v) is 7.69. The molecule has 0 N–H and O–H groups in total. The van der Waals surface area contributed by atoms with Gasteiger partial charge in [0.1, 0.15) is 5.84 Å². The van der Waals surface area contributed by atoms with Crippen molar-refractivity contribution in [2.75, 3.05) is 26.2 Å². The van der Waals surface area contributed by atoms with Crippen LogP contribution in [0.2, 0.25) is 0 Å². The number of rotatable bonds is 4. The maximum Gasteiger partial charge on any atom is 0.416 e. The first-order chi connectivity index (χ1) is 17.3. The van der Waals surface area contributed by atoms with Gasteiger partial charge in [0.2, 0.25) is 6.19 Å². The number of carbonyl (C=O) groups is 1. The average molecular weight is 499 g/mol. The molecule has 1 saturated carbocycles. The molecule has 1 aromatic carbocycles. The predicted molar refractivity (Wildman–Crippen MR) is 127 cm³/mol. The number of halogens is 3. The Morgan fingerprint density at radius 1 is 1.06 bits per heavy atom. The van der Waals surface area contributed by atoms with Crippen molar-refractivity contribution in [3.8, 4) is 6.19 Å². The number of benzene rings is 1. The van der Waals surface area contributed by atoms with E-state index in [2.05, 4.69) is 15.0 Å². The Hall–Kier alpha value is -3.35. The van der Waals surface area contributed by atoms with E-state index in [0.29, 0.717) is 30.3 Å². The largest absolute Gasteiger partial charge is 0.416 e. The van der Waals surface area contributed by atoms with Crippen LogP contribution in [0.5, 0.6) is 0 Å². The van der Waals surface area contributed by atoms with Crippen LogP contribution in [0, 0.1) is 11.5 Å². The van der Waals surface area contributed by atoms with Crippen LogP contribution in [0.4, 0.5) is 13.2 Å². The zero-order chi connectivity index (χ0) is 25.4. The van der Waals surface area contributed by atoms with Crippen LogP contribution < -0.4 is 0 Å². The topological polar surface area (TPSA) is 77.5 Å². The fraction of sp³-hybridized carbons (Fsp3) is 0.538. The second kappa shape index (κ2) is 9.60. The molecule has 10 heteroatoms. The molecule has 3 aliphatic rings. The van der Waals surface area contributed by atoms with Crippen LogP contribution in [0.15, 0.2) is 35.5 Å². The highest BCUT2D eigenvalue weighted by molar-refractivity contribution is 5.95. The van der Waals surface area contributed by atoms with Crippen molar-refractivity contribution < 1.29 is 18.0 Å². The van der Waals surface area contributed by atoms with E-state index in [9.17, 15) is 18.0 Å². The van der Waals surface area contributed by atoms with E-state index >= 15 is 0 Å². The number of likely N-dealkylation sites (tertiary alicyclic amines) is 2. The first-order valence-corrected chi connectivity index (χ1v) is 12.5. The van der Waals surface area contributed by atoms with Crippen LogP contribution in [0.1, 0.15) is 84.1 Å². The molecule has 1 aliphatic carbocycles. The van der Waals surface area contributed by atoms with Crippen molar-refractivity contribution in [2.24, 2.45) is 4.99 Å². The zero-order valence-corrected chi connectivity index (χ0v) is 20.2. The minimum Gasteiger partial charge on any atom is -0.359 e. The van der Waals surface area contributed by atoms with E-state index in [1.54, 1.807) is 17.2 Å². The van der Waals surface area contributed by atoms with Crippen molar-refractivity contribution in [1.29, 1.82) is 5.26 Å². The summed E-state index contributed by atoms with van der Waals surface area (Å²) in [6, 6.07) is 5.85. The molecule has 5 rings (SSSR count). The van der Waals surface area contributed by atoms with E-state index in [4.69, 9.17) is 5.26 Å². The maximum atomic E-state index is 13.6. The molecule has 0 bridgehead atoms. The van der Waals surface area contributed by atoms with Crippen molar-refractivity contribution in [2.45, 2.75) is 63.1 Å². The number of aromatic nitrogens is 2. The standard InChI is InChI=1S/C26H29F3N6O/c1-17(31-16-30)33-12-9-20(10-13-33)35-24(18-6-7-18)22(14-32-35)25(36)34-11-8-19(15-34)21-4-2-3-5-23(21)26(27,28)29/h2-5,14,18-20H,6-13,15H2,1H3/b31-17+/t19-/m1/s1. The lowest BCUT2D eigenvalue weighted by Crippen LogP contribution is -2.38. The van der Waals surface area contributed by atoms with E-state index in [1.165, 1.54) is 12.1 Å². The first-order valence-electron chi connectivity index (χ1n) is 12.5. The van der Waals surface area contributed by atoms with Gasteiger partial charge in [0.25, 0.3) is 5.91 Å². The molecular formula is C26H29F3N6O. The number of alkyl halides is 3. The quantitative estimate of drug-likeness (QED) is 0.340. The molecule has 36 heavy (non-hydrogen) atoms. The number of aliphatic imine (C=N–C) groups is 1. The number of carbonyl (C=O) groups excluding carboxylic acids is 1. The summed E-state index contributed by atoms with van der Waals surface area (Å²) in [6.07, 6.45) is 3.30. The fourth-order valence-corrected chi connectivity index (χ4v) is 5.65. The molecule has 2 saturated heterocycles. The summed E-state index contributed by atoms with van der Waals surface area (Å²) < 4.78 is 42.6. The van der Waals surface area contributed by atoms with Gasteiger partial charge in [0.15, 0.2) is 0 Å². The SMILES string of the molecule is C/C(=N\C#N)N1CCC(n2ncc(C(=O)N3CC[C@@H](c4ccccc4C(F)(F)F)C3)c2C2CC2)CC1. The smallest absolute Gasteiger partial charge is 0.359 e. The monoisotopic (exact) mass is 498 g/mol. The van der Waals surface area contributed by atoms with Crippen LogP contribution >= 0.6 is 0 Å². The van der Waals surface area contributed by atoms with Gasteiger partial charge in [-0.3, -0.25) is 9.48 Å². The summed E-state index contributed by atoms with van der Waals surface area (Å²) in [5.41, 5.74) is 1.21. The zero-order valence-electron chi connectivity index (χ0n) is 20.2. The fourth-order valence-electron chi connectivity index (χ4n) is 5.65. The second-order valence-corrected chi connectivity index (χ2v) is 9.96. The molecule has 3 heterocycles. The summed E-state index contributed by atoms with van der Waals surface area (Å²) in [7, 11) is 0. The summed E-state index contributed by atoms with van der Waals surface area (Å²) >= 11 is 0. The van der Waals surface area contributed by atoms with E-state index in [0.717, 1.165) is 50.5 Å². The Labute approximate surface area is 208 Å². The van der Waals surface area contributed by atoms with Crippen molar-refractivity contribution >= 4 is 11.7 Å². The lowest BCUT2D eigenvalue weighted by atomic mass is 9.93. The predicted octanol–water partition coefficient (Wildman–Crippen LogP) is 4.95. The van der Waals surface area contributed by atoms with Crippen LogP contribution in [-0.2, 0) is 6.18 Å². The lowest BCUT2D eigenvalue weighted by molar-refractivity contribution is -0.138. The number of amidine groups is 1. The minimum atomic E-state index is -4.41. The summed E-state index contributed by atoms with van der Waals surface area (Å²) in [4.78, 5) is 21.2. The van der Waals surface area contributed by atoms with Gasteiger partial charge >= 0.3 is 6.18 Å². The number of nitrogens with zero attached hydrogens (tertiary/aromatic N) is 6. The van der Waals surface area contributed by atoms with Gasteiger partial charge in [-0.2, -0.15) is 28.5 Å². The van der Waals surface area contributed by atoms with Gasteiger partial charge in [0.05, 0.1) is 29.1 Å². The van der Waals surface area contributed by atoms with Gasteiger partial charge in [-0.05, 0) is 50.7 Å². The highest BCUT2D eigenvalue weighted by Gasteiger charge is 2.40. The number of nitriles is 1. The number of hydrogen-bond donors (Lipinski definition) is 0. The Kier molecular flexibility index (Phi) is 6.49. The van der Waals surface area contributed by atoms with Crippen molar-refractivity contribution in [1.82, 2.24) is 19.6 Å². The Bertz CT molecular complexity index is 1200. The van der Waals surface area contributed by atoms with Gasteiger partial charge in [-0.25, -0.2) is 0 Å². The molecule has 1 atom stereocenters. The summed E-state index contributed by atoms with van der Waals surface area (Å²) in [5, 5.41) is 13.5. The van der Waals surface area contributed by atoms with E-state index < -0.39 is 11.7 Å². The number of amides is 1. The lowest BCUT2D eigenvalue weighted by Gasteiger charge is -2.33. The number of piperidine rings is 1. The normalized spacial score (nSPS) is 21.6. The molecule has 2 aromatic rings. The highest BCUT2D eigenvalue weighted by Crippen LogP contribution is 2.44. The average Bonchev–Trinajstić information content (AvgIpc) is 3.41. The van der Waals surface area contributed by atoms with Crippen molar-refractivity contribution in [3.63, 3.8) is 0 Å². The van der Waals surface area contributed by atoms with Gasteiger partial charge < -0.3 is 9.80 Å². The minimum absolute atomic E-state index is 0.135. The maximum absolute atomic E-state index is 13.6. The second-order valence-electron chi connectivity index (χ2n) is 9.96. The molecule has 190 valence electrons. The van der Waals surface area contributed by atoms with Crippen LogP contribution in [0.3, 0.4) is 0 Å². The Balaban J connectivity index is 1.32. The van der Waals surface area contributed by atoms with E-state index in [-0.39, 0.29) is 30.0 Å². The molecule has 7 nitrogen and oxygen atoms in total. The number of hydrogen-bond acceptors (Lipinski definition) is 4. The third kappa shape index (κ3) is 4.71. The highest BCUT2D eigenvalue weighted by atomic mass is 19.4. The first kappa shape index (κ1) is 24.3.